The summed E-state index contributed by atoms with van der Waals surface area (Å²) in [5, 5.41) is 20.4. The van der Waals surface area contributed by atoms with Crippen LogP contribution in [0.25, 0.3) is 17.3 Å². The zero-order valence-corrected chi connectivity index (χ0v) is 22.2. The molecule has 1 atom stereocenters. The van der Waals surface area contributed by atoms with Crippen molar-refractivity contribution in [2.45, 2.75) is 25.0 Å². The Morgan fingerprint density at radius 3 is 2.64 bits per heavy atom. The molecule has 1 unspecified atom stereocenters. The fourth-order valence-electron chi connectivity index (χ4n) is 4.58. The molecule has 1 fully saturated rings. The molecule has 1 aliphatic rings. The largest absolute Gasteiger partial charge is 0.461 e. The van der Waals surface area contributed by atoms with Crippen LogP contribution in [0.5, 0.6) is 0 Å². The van der Waals surface area contributed by atoms with Gasteiger partial charge in [-0.2, -0.15) is 0 Å². The number of piperazine rings is 1. The van der Waals surface area contributed by atoms with Gasteiger partial charge in [-0.05, 0) is 43.7 Å². The second-order valence-electron chi connectivity index (χ2n) is 9.19. The molecular formula is C27H26N6O5S. The zero-order valence-electron chi connectivity index (χ0n) is 21.4. The number of para-hydroxylation sites is 1. The number of nitro groups is 1. The molecule has 1 aliphatic heterocycles. The van der Waals surface area contributed by atoms with Crippen molar-refractivity contribution in [2.24, 2.45) is 0 Å². The van der Waals surface area contributed by atoms with Crippen LogP contribution in [-0.2, 0) is 4.79 Å². The lowest BCUT2D eigenvalue weighted by molar-refractivity contribution is -0.384. The molecule has 5 rings (SSSR count). The lowest BCUT2D eigenvalue weighted by Crippen LogP contribution is -2.55. The summed E-state index contributed by atoms with van der Waals surface area (Å²) < 4.78 is 7.47. The number of benzene rings is 2. The van der Waals surface area contributed by atoms with E-state index in [1.54, 1.807) is 28.2 Å². The third-order valence-electron chi connectivity index (χ3n) is 6.60. The van der Waals surface area contributed by atoms with Crippen molar-refractivity contribution in [1.29, 1.82) is 0 Å². The molecule has 2 aromatic heterocycles. The Hall–Kier alpha value is -4.45. The fourth-order valence-corrected chi connectivity index (χ4v) is 5.43. The maximum Gasteiger partial charge on any atom is 0.270 e. The smallest absolute Gasteiger partial charge is 0.270 e. The number of carbonyl (C=O) groups excluding carboxylic acids is 2. The monoisotopic (exact) mass is 546 g/mol. The Morgan fingerprint density at radius 2 is 1.92 bits per heavy atom. The molecule has 3 heterocycles. The molecule has 2 amide bonds. The highest BCUT2D eigenvalue weighted by Crippen LogP contribution is 2.30. The number of nitrogens with zero attached hydrogens (tertiary/aromatic N) is 6. The van der Waals surface area contributed by atoms with E-state index >= 15 is 0 Å². The maximum atomic E-state index is 13.2. The predicted octanol–water partition coefficient (Wildman–Crippen LogP) is 4.21. The quantitative estimate of drug-likeness (QED) is 0.192. The molecule has 2 aromatic carbocycles. The van der Waals surface area contributed by atoms with Gasteiger partial charge in [0.2, 0.25) is 11.7 Å². The third kappa shape index (κ3) is 5.41. The molecule has 0 saturated carbocycles. The van der Waals surface area contributed by atoms with Crippen LogP contribution in [-0.4, -0.2) is 72.7 Å². The number of hydrogen-bond donors (Lipinski definition) is 0. The van der Waals surface area contributed by atoms with E-state index in [1.165, 1.54) is 30.0 Å². The molecule has 0 N–H and O–H groups in total. The van der Waals surface area contributed by atoms with Crippen LogP contribution in [0.2, 0.25) is 0 Å². The molecule has 4 aromatic rings. The molecule has 0 spiro atoms. The van der Waals surface area contributed by atoms with E-state index in [2.05, 4.69) is 10.2 Å². The predicted molar refractivity (Wildman–Crippen MR) is 145 cm³/mol. The number of hydrogen-bond acceptors (Lipinski definition) is 8. The standard InChI is InChI=1S/C27H26N6O5S/c1-18-7-3-4-10-22(18)32-25(23-11-6-14-38-23)28-29-27(32)39-17-24(34)30-12-13-31(19(2)16-30)26(35)20-8-5-9-21(15-20)33(36)37/h3-11,14-15,19H,12-13,16-17H2,1-2H3. The lowest BCUT2D eigenvalue weighted by atomic mass is 10.1. The maximum absolute atomic E-state index is 13.2. The summed E-state index contributed by atoms with van der Waals surface area (Å²) in [5.74, 6) is 0.902. The second kappa shape index (κ2) is 11.1. The highest BCUT2D eigenvalue weighted by Gasteiger charge is 2.31. The van der Waals surface area contributed by atoms with Crippen LogP contribution in [0.1, 0.15) is 22.8 Å². The highest BCUT2D eigenvalue weighted by molar-refractivity contribution is 7.99. The minimum atomic E-state index is -0.522. The van der Waals surface area contributed by atoms with Crippen molar-refractivity contribution in [3.05, 3.63) is 88.2 Å². The number of thioether (sulfide) groups is 1. The summed E-state index contributed by atoms with van der Waals surface area (Å²) >= 11 is 1.29. The van der Waals surface area contributed by atoms with Gasteiger partial charge >= 0.3 is 0 Å². The van der Waals surface area contributed by atoms with Gasteiger partial charge in [-0.3, -0.25) is 24.3 Å². The molecule has 1 saturated heterocycles. The normalized spacial score (nSPS) is 15.4. The lowest BCUT2D eigenvalue weighted by Gasteiger charge is -2.40. The van der Waals surface area contributed by atoms with Crippen LogP contribution in [0, 0.1) is 17.0 Å². The van der Waals surface area contributed by atoms with Crippen LogP contribution in [0.4, 0.5) is 5.69 Å². The van der Waals surface area contributed by atoms with Gasteiger partial charge in [0.05, 0.1) is 22.6 Å². The minimum absolute atomic E-state index is 0.0758. The van der Waals surface area contributed by atoms with Gasteiger partial charge < -0.3 is 14.2 Å². The van der Waals surface area contributed by atoms with Crippen molar-refractivity contribution in [1.82, 2.24) is 24.6 Å². The molecule has 11 nitrogen and oxygen atoms in total. The van der Waals surface area contributed by atoms with E-state index in [-0.39, 0.29) is 34.9 Å². The van der Waals surface area contributed by atoms with Gasteiger partial charge in [-0.1, -0.05) is 36.0 Å². The first kappa shape index (κ1) is 26.2. The summed E-state index contributed by atoms with van der Waals surface area (Å²) in [5.41, 5.74) is 2.05. The third-order valence-corrected chi connectivity index (χ3v) is 7.51. The summed E-state index contributed by atoms with van der Waals surface area (Å²) in [6.07, 6.45) is 1.58. The van der Waals surface area contributed by atoms with Crippen molar-refractivity contribution in [3.63, 3.8) is 0 Å². The summed E-state index contributed by atoms with van der Waals surface area (Å²) in [7, 11) is 0. The number of amides is 2. The van der Waals surface area contributed by atoms with Crippen molar-refractivity contribution in [2.75, 3.05) is 25.4 Å². The molecule has 200 valence electrons. The first-order valence-electron chi connectivity index (χ1n) is 12.3. The number of rotatable bonds is 7. The molecule has 0 aliphatic carbocycles. The number of nitro benzene ring substituents is 1. The molecule has 39 heavy (non-hydrogen) atoms. The molecular weight excluding hydrogens is 520 g/mol. The number of aromatic nitrogens is 3. The average Bonchev–Trinajstić information content (AvgIpc) is 3.62. The van der Waals surface area contributed by atoms with Crippen molar-refractivity contribution < 1.29 is 18.9 Å². The van der Waals surface area contributed by atoms with Crippen molar-refractivity contribution >= 4 is 29.3 Å². The SMILES string of the molecule is Cc1ccccc1-n1c(SCC(=O)N2CCN(C(=O)c3cccc([N+](=O)[O-])c3)C(C)C2)nnc1-c1ccco1. The van der Waals surface area contributed by atoms with Gasteiger partial charge in [0.1, 0.15) is 0 Å². The Morgan fingerprint density at radius 1 is 1.10 bits per heavy atom. The minimum Gasteiger partial charge on any atom is -0.461 e. The summed E-state index contributed by atoms with van der Waals surface area (Å²) in [6.45, 7) is 4.93. The van der Waals surface area contributed by atoms with E-state index in [0.717, 1.165) is 11.3 Å². The summed E-state index contributed by atoms with van der Waals surface area (Å²) in [4.78, 5) is 40.2. The second-order valence-corrected chi connectivity index (χ2v) is 10.1. The van der Waals surface area contributed by atoms with E-state index in [0.29, 0.717) is 36.4 Å². The van der Waals surface area contributed by atoms with Crippen molar-refractivity contribution in [3.8, 4) is 17.3 Å². The molecule has 0 radical (unpaired) electrons. The first-order chi connectivity index (χ1) is 18.8. The average molecular weight is 547 g/mol. The Bertz CT molecular complexity index is 1520. The molecule has 0 bridgehead atoms. The van der Waals surface area contributed by atoms with E-state index in [4.69, 9.17) is 4.42 Å². The van der Waals surface area contributed by atoms with E-state index < -0.39 is 4.92 Å². The van der Waals surface area contributed by atoms with Crippen LogP contribution in [0.15, 0.2) is 76.5 Å². The van der Waals surface area contributed by atoms with Gasteiger partial charge in [0, 0.05) is 43.4 Å². The zero-order chi connectivity index (χ0) is 27.5. The number of aryl methyl sites for hydroxylation is 1. The van der Waals surface area contributed by atoms with Crippen LogP contribution >= 0.6 is 11.8 Å². The van der Waals surface area contributed by atoms with E-state index in [1.807, 2.05) is 48.7 Å². The number of carbonyl (C=O) groups is 2. The summed E-state index contributed by atoms with van der Waals surface area (Å²) in [6, 6.07) is 16.9. The van der Waals surface area contributed by atoms with Crippen LogP contribution < -0.4 is 0 Å². The number of non-ortho nitro benzene ring substituents is 1. The van der Waals surface area contributed by atoms with Gasteiger partial charge in [-0.15, -0.1) is 10.2 Å². The van der Waals surface area contributed by atoms with E-state index in [9.17, 15) is 19.7 Å². The van der Waals surface area contributed by atoms with Gasteiger partial charge in [0.15, 0.2) is 10.9 Å². The first-order valence-corrected chi connectivity index (χ1v) is 13.3. The number of furan rings is 1. The van der Waals surface area contributed by atoms with Gasteiger partial charge in [0.25, 0.3) is 11.6 Å². The fraction of sp³-hybridized carbons (Fsp3) is 0.259. The highest BCUT2D eigenvalue weighted by atomic mass is 32.2. The molecule has 12 heteroatoms. The Labute approximate surface area is 228 Å². The van der Waals surface area contributed by atoms with Crippen LogP contribution in [0.3, 0.4) is 0 Å². The topological polar surface area (TPSA) is 128 Å². The van der Waals surface area contributed by atoms with Gasteiger partial charge in [-0.25, -0.2) is 0 Å². The Kier molecular flexibility index (Phi) is 7.46. The Balaban J connectivity index is 1.27.